The number of hydrogen-bond donors (Lipinski definition) is 1. The van der Waals surface area contributed by atoms with Gasteiger partial charge in [-0.15, -0.1) is 0 Å². The van der Waals surface area contributed by atoms with Crippen LogP contribution in [-0.2, 0) is 11.3 Å². The molecule has 0 saturated carbocycles. The highest BCUT2D eigenvalue weighted by molar-refractivity contribution is 5.82. The molecule has 3 rings (SSSR count). The van der Waals surface area contributed by atoms with E-state index in [0.29, 0.717) is 5.92 Å². The number of benzene rings is 1. The van der Waals surface area contributed by atoms with Crippen molar-refractivity contribution in [2.75, 3.05) is 19.6 Å². The van der Waals surface area contributed by atoms with E-state index in [4.69, 9.17) is 0 Å². The Kier molecular flexibility index (Phi) is 5.38. The first-order valence-corrected chi connectivity index (χ1v) is 9.27. The van der Waals surface area contributed by atoms with Gasteiger partial charge in [-0.3, -0.25) is 14.7 Å². The molecular weight excluding hydrogens is 310 g/mol. The van der Waals surface area contributed by atoms with E-state index >= 15 is 0 Å². The van der Waals surface area contributed by atoms with Crippen LogP contribution in [0.2, 0.25) is 0 Å². The number of likely N-dealkylation sites (tertiary alicyclic amines) is 1. The highest BCUT2D eigenvalue weighted by atomic mass is 16.2. The molecule has 0 spiro atoms. The van der Waals surface area contributed by atoms with Crippen molar-refractivity contribution < 1.29 is 4.79 Å². The van der Waals surface area contributed by atoms with Crippen LogP contribution in [0.1, 0.15) is 39.2 Å². The van der Waals surface area contributed by atoms with Crippen LogP contribution in [0.4, 0.5) is 0 Å². The van der Waals surface area contributed by atoms with Crippen LogP contribution >= 0.6 is 0 Å². The van der Waals surface area contributed by atoms with Gasteiger partial charge in [-0.2, -0.15) is 0 Å². The summed E-state index contributed by atoms with van der Waals surface area (Å²) in [5.74, 6) is 0.679. The lowest BCUT2D eigenvalue weighted by molar-refractivity contribution is -0.128. The molecule has 0 unspecified atom stereocenters. The maximum Gasteiger partial charge on any atom is 0.225 e. The molecule has 0 radical (unpaired) electrons. The van der Waals surface area contributed by atoms with E-state index < -0.39 is 0 Å². The van der Waals surface area contributed by atoms with Crippen molar-refractivity contribution in [3.05, 3.63) is 42.1 Å². The zero-order valence-corrected chi connectivity index (χ0v) is 15.6. The van der Waals surface area contributed by atoms with Gasteiger partial charge in [0.2, 0.25) is 5.91 Å². The van der Waals surface area contributed by atoms with Crippen molar-refractivity contribution in [2.24, 2.45) is 11.3 Å². The van der Waals surface area contributed by atoms with Crippen molar-refractivity contribution in [2.45, 2.75) is 40.2 Å². The van der Waals surface area contributed by atoms with Gasteiger partial charge in [0.05, 0.1) is 5.52 Å². The van der Waals surface area contributed by atoms with Crippen molar-refractivity contribution in [3.8, 4) is 0 Å². The number of carbonyl (C=O) groups excluding carboxylic acids is 1. The lowest BCUT2D eigenvalue weighted by Gasteiger charge is -2.33. The van der Waals surface area contributed by atoms with Crippen LogP contribution < -0.4 is 5.32 Å². The summed E-state index contributed by atoms with van der Waals surface area (Å²) in [5.41, 5.74) is 2.08. The van der Waals surface area contributed by atoms with Crippen molar-refractivity contribution in [3.63, 3.8) is 0 Å². The second-order valence-corrected chi connectivity index (χ2v) is 8.19. The Bertz CT molecular complexity index is 730. The predicted octanol–water partition coefficient (Wildman–Crippen LogP) is 3.61. The predicted molar refractivity (Wildman–Crippen MR) is 102 cm³/mol. The van der Waals surface area contributed by atoms with E-state index in [9.17, 15) is 4.79 Å². The van der Waals surface area contributed by atoms with Gasteiger partial charge < -0.3 is 5.32 Å². The lowest BCUT2D eigenvalue weighted by Crippen LogP contribution is -2.43. The lowest BCUT2D eigenvalue weighted by atomic mass is 9.94. The molecule has 1 aliphatic rings. The normalized spacial score (nSPS) is 19.1. The van der Waals surface area contributed by atoms with E-state index in [2.05, 4.69) is 39.5 Å². The van der Waals surface area contributed by atoms with Gasteiger partial charge >= 0.3 is 0 Å². The molecule has 2 heterocycles. The molecule has 0 bridgehead atoms. The largest absolute Gasteiger partial charge is 0.355 e. The number of nitrogens with one attached hydrogen (secondary N) is 1. The highest BCUT2D eigenvalue weighted by Crippen LogP contribution is 2.22. The minimum absolute atomic E-state index is 0.143. The fraction of sp³-hybridized carbons (Fsp3) is 0.524. The molecule has 1 aromatic carbocycles. The molecule has 1 aromatic heterocycles. The number of nitrogens with zero attached hydrogens (tertiary/aromatic N) is 2. The Balaban J connectivity index is 1.61. The third-order valence-electron chi connectivity index (χ3n) is 4.97. The first kappa shape index (κ1) is 17.9. The SMILES string of the molecule is CC(C)(C)C(=O)NC[C@@H]1CCCN(Cc2ccnc3ccccc23)C1. The maximum atomic E-state index is 12.1. The number of pyridine rings is 1. The Morgan fingerprint density at radius 1 is 1.28 bits per heavy atom. The molecule has 4 nitrogen and oxygen atoms in total. The van der Waals surface area contributed by atoms with Gasteiger partial charge in [0.1, 0.15) is 0 Å². The summed E-state index contributed by atoms with van der Waals surface area (Å²) in [7, 11) is 0. The molecule has 0 aliphatic carbocycles. The Morgan fingerprint density at radius 2 is 2.08 bits per heavy atom. The second-order valence-electron chi connectivity index (χ2n) is 8.19. The van der Waals surface area contributed by atoms with Crippen LogP contribution in [0.25, 0.3) is 10.9 Å². The number of aromatic nitrogens is 1. The van der Waals surface area contributed by atoms with Gasteiger partial charge in [0, 0.05) is 36.6 Å². The minimum Gasteiger partial charge on any atom is -0.355 e. The summed E-state index contributed by atoms with van der Waals surface area (Å²) in [6.45, 7) is 9.79. The van der Waals surface area contributed by atoms with Gasteiger partial charge in [-0.25, -0.2) is 0 Å². The van der Waals surface area contributed by atoms with Crippen molar-refractivity contribution in [1.82, 2.24) is 15.2 Å². The fourth-order valence-corrected chi connectivity index (χ4v) is 3.50. The van der Waals surface area contributed by atoms with E-state index in [-0.39, 0.29) is 11.3 Å². The standard InChI is InChI=1S/C21H29N3O/c1-21(2,3)20(25)23-13-16-7-6-12-24(14-16)15-17-10-11-22-19-9-5-4-8-18(17)19/h4-5,8-11,16H,6-7,12-15H2,1-3H3,(H,23,25)/t16-/m0/s1. The van der Waals surface area contributed by atoms with Crippen LogP contribution in [0.3, 0.4) is 0 Å². The fourth-order valence-electron chi connectivity index (χ4n) is 3.50. The maximum absolute atomic E-state index is 12.1. The molecule has 1 amide bonds. The molecule has 1 atom stereocenters. The summed E-state index contributed by atoms with van der Waals surface area (Å²) >= 11 is 0. The molecule has 25 heavy (non-hydrogen) atoms. The molecule has 1 saturated heterocycles. The third-order valence-corrected chi connectivity index (χ3v) is 4.97. The first-order valence-electron chi connectivity index (χ1n) is 9.27. The smallest absolute Gasteiger partial charge is 0.225 e. The third kappa shape index (κ3) is 4.57. The Hall–Kier alpha value is -1.94. The number of amides is 1. The zero-order valence-electron chi connectivity index (χ0n) is 15.6. The van der Waals surface area contributed by atoms with E-state index in [1.165, 1.54) is 23.8 Å². The first-order chi connectivity index (χ1) is 11.9. The van der Waals surface area contributed by atoms with Gasteiger partial charge in [0.25, 0.3) is 0 Å². The summed E-state index contributed by atoms with van der Waals surface area (Å²) in [6.07, 6.45) is 4.29. The van der Waals surface area contributed by atoms with E-state index in [1.54, 1.807) is 0 Å². The van der Waals surface area contributed by atoms with E-state index in [1.807, 2.05) is 33.0 Å². The van der Waals surface area contributed by atoms with E-state index in [0.717, 1.165) is 31.7 Å². The molecular formula is C21H29N3O. The van der Waals surface area contributed by atoms with Gasteiger partial charge in [-0.05, 0) is 43.0 Å². The summed E-state index contributed by atoms with van der Waals surface area (Å²) in [5, 5.41) is 4.37. The number of hydrogen-bond acceptors (Lipinski definition) is 3. The Labute approximate surface area is 150 Å². The average molecular weight is 339 g/mol. The number of para-hydroxylation sites is 1. The number of carbonyl (C=O) groups is 1. The van der Waals surface area contributed by atoms with Crippen LogP contribution in [0, 0.1) is 11.3 Å². The molecule has 4 heteroatoms. The van der Waals surface area contributed by atoms with Crippen molar-refractivity contribution >= 4 is 16.8 Å². The monoisotopic (exact) mass is 339 g/mol. The number of piperidine rings is 1. The summed E-state index contributed by atoms with van der Waals surface area (Å²) < 4.78 is 0. The minimum atomic E-state index is -0.315. The Morgan fingerprint density at radius 3 is 2.88 bits per heavy atom. The average Bonchev–Trinajstić information content (AvgIpc) is 2.59. The quantitative estimate of drug-likeness (QED) is 0.925. The highest BCUT2D eigenvalue weighted by Gasteiger charge is 2.24. The van der Waals surface area contributed by atoms with Crippen LogP contribution in [0.15, 0.2) is 36.5 Å². The summed E-state index contributed by atoms with van der Waals surface area (Å²) in [4.78, 5) is 19.1. The van der Waals surface area contributed by atoms with Gasteiger partial charge in [0.15, 0.2) is 0 Å². The number of rotatable bonds is 4. The molecule has 1 aliphatic heterocycles. The number of fused-ring (bicyclic) bond motifs is 1. The van der Waals surface area contributed by atoms with Crippen LogP contribution in [0.5, 0.6) is 0 Å². The van der Waals surface area contributed by atoms with Crippen LogP contribution in [-0.4, -0.2) is 35.4 Å². The second kappa shape index (κ2) is 7.52. The topological polar surface area (TPSA) is 45.2 Å². The molecule has 1 fully saturated rings. The molecule has 1 N–H and O–H groups in total. The summed E-state index contributed by atoms with van der Waals surface area (Å²) in [6, 6.07) is 10.5. The zero-order chi connectivity index (χ0) is 17.9. The van der Waals surface area contributed by atoms with Crippen molar-refractivity contribution in [1.29, 1.82) is 0 Å². The van der Waals surface area contributed by atoms with Gasteiger partial charge in [-0.1, -0.05) is 39.0 Å². The molecule has 134 valence electrons. The molecule has 2 aromatic rings.